The van der Waals surface area contributed by atoms with E-state index in [0.29, 0.717) is 6.42 Å². The van der Waals surface area contributed by atoms with Crippen LogP contribution in [0.4, 0.5) is 0 Å². The van der Waals surface area contributed by atoms with Crippen LogP contribution < -0.4 is 4.74 Å². The lowest BCUT2D eigenvalue weighted by Gasteiger charge is -2.52. The van der Waals surface area contributed by atoms with Gasteiger partial charge in [-0.3, -0.25) is 9.59 Å². The van der Waals surface area contributed by atoms with Crippen molar-refractivity contribution in [2.24, 2.45) is 11.3 Å². The zero-order chi connectivity index (χ0) is 18.7. The van der Waals surface area contributed by atoms with Crippen LogP contribution in [0.1, 0.15) is 57.6 Å². The second kappa shape index (κ2) is 5.70. The lowest BCUT2D eigenvalue weighted by Crippen LogP contribution is -2.56. The topological polar surface area (TPSA) is 52.6 Å². The first kappa shape index (κ1) is 17.3. The van der Waals surface area contributed by atoms with Crippen molar-refractivity contribution in [2.75, 3.05) is 7.11 Å². The Morgan fingerprint density at radius 2 is 1.96 bits per heavy atom. The second-order valence-corrected chi connectivity index (χ2v) is 8.34. The SMILES string of the molecule is COc1ccc2c(c1)CCC1=C2C[C@@H]2C(=O)[C@]1(C)CC[C@]2(C)OC(C)=O. The predicted octanol–water partition coefficient (Wildman–Crippen LogP) is 4.11. The van der Waals surface area contributed by atoms with E-state index in [4.69, 9.17) is 9.47 Å². The van der Waals surface area contributed by atoms with Gasteiger partial charge in [-0.1, -0.05) is 11.6 Å². The highest BCUT2D eigenvalue weighted by Crippen LogP contribution is 2.58. The van der Waals surface area contributed by atoms with Gasteiger partial charge in [-0.2, -0.15) is 0 Å². The fourth-order valence-corrected chi connectivity index (χ4v) is 5.33. The summed E-state index contributed by atoms with van der Waals surface area (Å²) >= 11 is 0. The van der Waals surface area contributed by atoms with Crippen LogP contribution in [0.3, 0.4) is 0 Å². The Labute approximate surface area is 154 Å². The predicted molar refractivity (Wildman–Crippen MR) is 98.9 cm³/mol. The monoisotopic (exact) mass is 354 g/mol. The average molecular weight is 354 g/mol. The summed E-state index contributed by atoms with van der Waals surface area (Å²) in [5.41, 5.74) is 4.00. The molecular weight excluding hydrogens is 328 g/mol. The number of hydrogen-bond donors (Lipinski definition) is 0. The van der Waals surface area contributed by atoms with E-state index in [1.54, 1.807) is 7.11 Å². The van der Waals surface area contributed by atoms with Gasteiger partial charge < -0.3 is 9.47 Å². The van der Waals surface area contributed by atoms with Crippen LogP contribution in [0.2, 0.25) is 0 Å². The number of rotatable bonds is 2. The minimum Gasteiger partial charge on any atom is -0.497 e. The molecule has 2 bridgehead atoms. The lowest BCUT2D eigenvalue weighted by atomic mass is 9.53. The van der Waals surface area contributed by atoms with Crippen molar-refractivity contribution in [3.8, 4) is 5.75 Å². The Hall–Kier alpha value is -2.10. The number of allylic oxidation sites excluding steroid dienone is 2. The molecular formula is C22H26O4. The standard InChI is InChI=1S/C22H26O4/c1-13(23)26-22(3)10-9-21(2)18-8-5-14-11-15(25-4)6-7-16(14)17(18)12-19(22)20(21)24/h6-7,11,19H,5,8-10,12H2,1-4H3/t19-,21-,22+/m1/s1. The Kier molecular flexibility index (Phi) is 3.80. The van der Waals surface area contributed by atoms with E-state index < -0.39 is 11.0 Å². The minimum absolute atomic E-state index is 0.253. The largest absolute Gasteiger partial charge is 0.497 e. The molecule has 3 atom stereocenters. The van der Waals surface area contributed by atoms with E-state index in [1.165, 1.54) is 29.2 Å². The van der Waals surface area contributed by atoms with Crippen molar-refractivity contribution in [2.45, 2.75) is 58.5 Å². The minimum atomic E-state index is -0.703. The summed E-state index contributed by atoms with van der Waals surface area (Å²) in [5, 5.41) is 0. The first-order chi connectivity index (χ1) is 12.3. The third kappa shape index (κ3) is 2.34. The molecule has 1 aromatic carbocycles. The zero-order valence-electron chi connectivity index (χ0n) is 16.0. The van der Waals surface area contributed by atoms with E-state index in [9.17, 15) is 9.59 Å². The van der Waals surface area contributed by atoms with E-state index >= 15 is 0 Å². The number of esters is 1. The normalized spacial score (nSPS) is 32.6. The van der Waals surface area contributed by atoms with Crippen molar-refractivity contribution < 1.29 is 19.1 Å². The zero-order valence-corrected chi connectivity index (χ0v) is 16.0. The maximum absolute atomic E-state index is 13.3. The average Bonchev–Trinajstić information content (AvgIpc) is 2.60. The fraction of sp³-hybridized carbons (Fsp3) is 0.545. The highest BCUT2D eigenvalue weighted by molar-refractivity contribution is 5.99. The molecule has 4 rings (SSSR count). The fourth-order valence-electron chi connectivity index (χ4n) is 5.33. The van der Waals surface area contributed by atoms with Crippen molar-refractivity contribution in [3.05, 3.63) is 34.9 Å². The van der Waals surface area contributed by atoms with Crippen molar-refractivity contribution >= 4 is 17.3 Å². The van der Waals surface area contributed by atoms with Crippen LogP contribution in [-0.2, 0) is 20.7 Å². The van der Waals surface area contributed by atoms with Crippen LogP contribution in [-0.4, -0.2) is 24.5 Å². The van der Waals surface area contributed by atoms with Crippen LogP contribution in [0, 0.1) is 11.3 Å². The Bertz CT molecular complexity index is 837. The number of ether oxygens (including phenoxy) is 2. The molecule has 0 amide bonds. The molecule has 0 unspecified atom stereocenters. The number of methoxy groups -OCH3 is 1. The smallest absolute Gasteiger partial charge is 0.303 e. The van der Waals surface area contributed by atoms with Crippen molar-refractivity contribution in [1.82, 2.24) is 0 Å². The van der Waals surface area contributed by atoms with Gasteiger partial charge in [-0.15, -0.1) is 0 Å². The Balaban J connectivity index is 1.82. The van der Waals surface area contributed by atoms with Crippen LogP contribution in [0.5, 0.6) is 5.75 Å². The summed E-state index contributed by atoms with van der Waals surface area (Å²) in [6.45, 7) is 5.46. The molecule has 0 spiro atoms. The molecule has 3 aliphatic carbocycles. The number of aryl methyl sites for hydroxylation is 1. The van der Waals surface area contributed by atoms with Crippen LogP contribution >= 0.6 is 0 Å². The molecule has 4 heteroatoms. The van der Waals surface area contributed by atoms with E-state index in [0.717, 1.165) is 31.4 Å². The number of hydrogen-bond acceptors (Lipinski definition) is 4. The van der Waals surface area contributed by atoms with Gasteiger partial charge in [0.2, 0.25) is 0 Å². The summed E-state index contributed by atoms with van der Waals surface area (Å²) in [5.74, 6) is 0.550. The van der Waals surface area contributed by atoms with Gasteiger partial charge >= 0.3 is 5.97 Å². The molecule has 0 N–H and O–H groups in total. The van der Waals surface area contributed by atoms with Gasteiger partial charge in [0.1, 0.15) is 17.1 Å². The molecule has 1 aromatic rings. The number of Topliss-reactive ketones (excluding diaryl/α,β-unsaturated/α-hetero) is 1. The molecule has 1 saturated carbocycles. The molecule has 0 saturated heterocycles. The molecule has 26 heavy (non-hydrogen) atoms. The summed E-state index contributed by atoms with van der Waals surface area (Å²) in [6.07, 6.45) is 4.02. The molecule has 0 aliphatic heterocycles. The number of ketones is 1. The van der Waals surface area contributed by atoms with E-state index in [2.05, 4.69) is 19.1 Å². The molecule has 0 aromatic heterocycles. The quantitative estimate of drug-likeness (QED) is 0.750. The molecule has 4 nitrogen and oxygen atoms in total. The Morgan fingerprint density at radius 3 is 2.65 bits per heavy atom. The maximum Gasteiger partial charge on any atom is 0.303 e. The molecule has 3 aliphatic rings. The lowest BCUT2D eigenvalue weighted by molar-refractivity contribution is -0.173. The summed E-state index contributed by atoms with van der Waals surface area (Å²) < 4.78 is 11.1. The van der Waals surface area contributed by atoms with Gasteiger partial charge in [-0.25, -0.2) is 0 Å². The van der Waals surface area contributed by atoms with Crippen molar-refractivity contribution in [3.63, 3.8) is 0 Å². The van der Waals surface area contributed by atoms with Gasteiger partial charge in [0.15, 0.2) is 0 Å². The number of fused-ring (bicyclic) bond motifs is 5. The number of carbonyl (C=O) groups excluding carboxylic acids is 2. The van der Waals surface area contributed by atoms with Crippen LogP contribution in [0.15, 0.2) is 23.8 Å². The first-order valence-electron chi connectivity index (χ1n) is 9.42. The summed E-state index contributed by atoms with van der Waals surface area (Å²) in [6, 6.07) is 6.23. The maximum atomic E-state index is 13.3. The molecule has 0 radical (unpaired) electrons. The number of carbonyl (C=O) groups is 2. The third-order valence-electron chi connectivity index (χ3n) is 6.82. The van der Waals surface area contributed by atoms with Gasteiger partial charge in [0, 0.05) is 12.3 Å². The molecule has 1 fully saturated rings. The van der Waals surface area contributed by atoms with E-state index in [1.807, 2.05) is 13.0 Å². The first-order valence-corrected chi connectivity index (χ1v) is 9.42. The molecule has 0 heterocycles. The van der Waals surface area contributed by atoms with Crippen molar-refractivity contribution in [1.29, 1.82) is 0 Å². The third-order valence-corrected chi connectivity index (χ3v) is 6.82. The highest BCUT2D eigenvalue weighted by atomic mass is 16.6. The van der Waals surface area contributed by atoms with E-state index in [-0.39, 0.29) is 17.7 Å². The van der Waals surface area contributed by atoms with Gasteiger partial charge in [0.25, 0.3) is 0 Å². The second-order valence-electron chi connectivity index (χ2n) is 8.34. The molecule has 138 valence electrons. The van der Waals surface area contributed by atoms with Crippen LogP contribution in [0.25, 0.3) is 5.57 Å². The number of benzene rings is 1. The Morgan fingerprint density at radius 1 is 1.19 bits per heavy atom. The highest BCUT2D eigenvalue weighted by Gasteiger charge is 2.58. The van der Waals surface area contributed by atoms with Gasteiger partial charge in [-0.05, 0) is 74.8 Å². The summed E-state index contributed by atoms with van der Waals surface area (Å²) in [7, 11) is 1.69. The van der Waals surface area contributed by atoms with Gasteiger partial charge in [0.05, 0.1) is 13.0 Å². The summed E-state index contributed by atoms with van der Waals surface area (Å²) in [4.78, 5) is 25.0.